The van der Waals surface area contributed by atoms with Crippen molar-refractivity contribution in [3.63, 3.8) is 0 Å². The predicted molar refractivity (Wildman–Crippen MR) is 84.1 cm³/mol. The number of aliphatic hydroxyl groups is 1. The molecule has 0 atom stereocenters. The van der Waals surface area contributed by atoms with Crippen LogP contribution in [0.4, 0.5) is 4.39 Å². The molecule has 0 aromatic rings. The van der Waals surface area contributed by atoms with E-state index in [1.807, 2.05) is 6.08 Å². The number of nitrogens with zero attached hydrogens (tertiary/aromatic N) is 2. The third-order valence-electron chi connectivity index (χ3n) is 3.99. The Balaban J connectivity index is 1.80. The SMILES string of the molecule is CC1=C(F)N(C)CC(CCCNC(=O)C2=C(O)C(=O)N(C)C2)=C1. The molecule has 0 unspecified atom stereocenters. The van der Waals surface area contributed by atoms with Crippen molar-refractivity contribution in [1.82, 2.24) is 15.1 Å². The molecule has 2 N–H and O–H groups in total. The highest BCUT2D eigenvalue weighted by Gasteiger charge is 2.31. The average Bonchev–Trinajstić information content (AvgIpc) is 2.76. The summed E-state index contributed by atoms with van der Waals surface area (Å²) in [5, 5.41) is 12.3. The number of carbonyl (C=O) groups excluding carboxylic acids is 2. The van der Waals surface area contributed by atoms with Gasteiger partial charge in [0.2, 0.25) is 0 Å². The zero-order valence-corrected chi connectivity index (χ0v) is 13.6. The molecule has 0 saturated carbocycles. The first-order valence-corrected chi connectivity index (χ1v) is 7.54. The fourth-order valence-corrected chi connectivity index (χ4v) is 2.73. The summed E-state index contributed by atoms with van der Waals surface area (Å²) in [4.78, 5) is 26.2. The fourth-order valence-electron chi connectivity index (χ4n) is 2.73. The van der Waals surface area contributed by atoms with Crippen LogP contribution in [0.2, 0.25) is 0 Å². The molecular formula is C16H22FN3O3. The molecule has 2 heterocycles. The topological polar surface area (TPSA) is 72.9 Å². The minimum atomic E-state index is -0.533. The summed E-state index contributed by atoms with van der Waals surface area (Å²) in [5.74, 6) is -1.63. The van der Waals surface area contributed by atoms with Gasteiger partial charge >= 0.3 is 0 Å². The Kier molecular flexibility index (Phi) is 5.08. The van der Waals surface area contributed by atoms with Crippen LogP contribution >= 0.6 is 0 Å². The highest BCUT2D eigenvalue weighted by molar-refractivity contribution is 6.06. The van der Waals surface area contributed by atoms with Crippen LogP contribution < -0.4 is 5.32 Å². The zero-order valence-electron chi connectivity index (χ0n) is 13.6. The summed E-state index contributed by atoms with van der Waals surface area (Å²) in [6.45, 7) is 2.83. The Morgan fingerprint density at radius 1 is 1.35 bits per heavy atom. The molecule has 2 aliphatic heterocycles. The van der Waals surface area contributed by atoms with Crippen LogP contribution in [0.15, 0.2) is 34.5 Å². The highest BCUT2D eigenvalue weighted by atomic mass is 19.1. The lowest BCUT2D eigenvalue weighted by Gasteiger charge is -2.24. The lowest BCUT2D eigenvalue weighted by Crippen LogP contribution is -2.29. The maximum atomic E-state index is 13.6. The quantitative estimate of drug-likeness (QED) is 0.590. The van der Waals surface area contributed by atoms with Gasteiger partial charge in [0, 0.05) is 32.8 Å². The van der Waals surface area contributed by atoms with Gasteiger partial charge in [-0.1, -0.05) is 11.6 Å². The van der Waals surface area contributed by atoms with E-state index in [4.69, 9.17) is 0 Å². The molecular weight excluding hydrogens is 301 g/mol. The lowest BCUT2D eigenvalue weighted by molar-refractivity contribution is -0.126. The van der Waals surface area contributed by atoms with E-state index in [0.29, 0.717) is 25.1 Å². The first-order valence-electron chi connectivity index (χ1n) is 7.54. The number of hydrogen-bond acceptors (Lipinski definition) is 4. The van der Waals surface area contributed by atoms with E-state index in [1.54, 1.807) is 18.9 Å². The second-order valence-corrected chi connectivity index (χ2v) is 5.98. The molecule has 0 aromatic heterocycles. The Morgan fingerprint density at radius 3 is 2.61 bits per heavy atom. The summed E-state index contributed by atoms with van der Waals surface area (Å²) in [6, 6.07) is 0. The molecule has 0 fully saturated rings. The molecule has 2 aliphatic rings. The van der Waals surface area contributed by atoms with Crippen molar-refractivity contribution in [2.75, 3.05) is 33.7 Å². The van der Waals surface area contributed by atoms with Gasteiger partial charge in [-0.2, -0.15) is 4.39 Å². The molecule has 0 saturated heterocycles. The van der Waals surface area contributed by atoms with Crippen molar-refractivity contribution in [3.8, 4) is 0 Å². The molecule has 0 aliphatic carbocycles. The van der Waals surface area contributed by atoms with Gasteiger partial charge < -0.3 is 20.2 Å². The van der Waals surface area contributed by atoms with Gasteiger partial charge in [-0.05, 0) is 19.8 Å². The standard InChI is InChI=1S/C16H22FN3O3/c1-10-7-11(8-19(2)14(10)17)5-4-6-18-15(22)12-9-20(3)16(23)13(12)21/h7,21H,4-6,8-9H2,1-3H3,(H,18,22). The molecule has 0 spiro atoms. The molecule has 0 bridgehead atoms. The van der Waals surface area contributed by atoms with Gasteiger partial charge in [0.1, 0.15) is 0 Å². The monoisotopic (exact) mass is 323 g/mol. The van der Waals surface area contributed by atoms with Crippen LogP contribution in [-0.4, -0.2) is 60.5 Å². The first-order chi connectivity index (χ1) is 10.8. The van der Waals surface area contributed by atoms with Gasteiger partial charge in [0.25, 0.3) is 11.8 Å². The number of nitrogens with one attached hydrogen (secondary N) is 1. The Hall–Kier alpha value is -2.31. The number of aliphatic hydroxyl groups excluding tert-OH is 1. The smallest absolute Gasteiger partial charge is 0.289 e. The number of rotatable bonds is 5. The van der Waals surface area contributed by atoms with Crippen molar-refractivity contribution >= 4 is 11.8 Å². The minimum absolute atomic E-state index is 0.106. The summed E-state index contributed by atoms with van der Waals surface area (Å²) in [6.07, 6.45) is 3.30. The van der Waals surface area contributed by atoms with Crippen LogP contribution in [0.3, 0.4) is 0 Å². The summed E-state index contributed by atoms with van der Waals surface area (Å²) in [5.41, 5.74) is 1.83. The van der Waals surface area contributed by atoms with Gasteiger partial charge in [0.05, 0.1) is 12.1 Å². The normalized spacial score (nSPS) is 18.8. The van der Waals surface area contributed by atoms with Crippen molar-refractivity contribution in [2.24, 2.45) is 0 Å². The second kappa shape index (κ2) is 6.85. The molecule has 2 rings (SSSR count). The van der Waals surface area contributed by atoms with E-state index in [1.165, 1.54) is 11.9 Å². The van der Waals surface area contributed by atoms with Gasteiger partial charge in [0.15, 0.2) is 11.7 Å². The maximum absolute atomic E-state index is 13.6. The molecule has 0 aromatic carbocycles. The second-order valence-electron chi connectivity index (χ2n) is 5.98. The van der Waals surface area contributed by atoms with Crippen LogP contribution in [-0.2, 0) is 9.59 Å². The van der Waals surface area contributed by atoms with Gasteiger partial charge in [-0.15, -0.1) is 0 Å². The molecule has 0 radical (unpaired) electrons. The van der Waals surface area contributed by atoms with Crippen LogP contribution in [0, 0.1) is 0 Å². The predicted octanol–water partition coefficient (Wildman–Crippen LogP) is 1.24. The van der Waals surface area contributed by atoms with Crippen molar-refractivity contribution in [1.29, 1.82) is 0 Å². The fraction of sp³-hybridized carbons (Fsp3) is 0.500. The summed E-state index contributed by atoms with van der Waals surface area (Å²) < 4.78 is 13.6. The zero-order chi connectivity index (χ0) is 17.1. The Bertz CT molecular complexity index is 622. The van der Waals surface area contributed by atoms with Crippen molar-refractivity contribution in [2.45, 2.75) is 19.8 Å². The number of amides is 2. The number of likely N-dealkylation sites (N-methyl/N-ethyl adjacent to an activating group) is 2. The highest BCUT2D eigenvalue weighted by Crippen LogP contribution is 2.22. The molecule has 126 valence electrons. The van der Waals surface area contributed by atoms with Crippen LogP contribution in [0.5, 0.6) is 0 Å². The van der Waals surface area contributed by atoms with Gasteiger partial charge in [-0.25, -0.2) is 0 Å². The Labute approximate surface area is 134 Å². The van der Waals surface area contributed by atoms with E-state index < -0.39 is 17.6 Å². The van der Waals surface area contributed by atoms with E-state index in [2.05, 4.69) is 5.32 Å². The average molecular weight is 323 g/mol. The molecule has 23 heavy (non-hydrogen) atoms. The molecule has 2 amide bonds. The largest absolute Gasteiger partial charge is 0.503 e. The Morgan fingerprint density at radius 2 is 2.04 bits per heavy atom. The third kappa shape index (κ3) is 3.72. The number of halogens is 1. The third-order valence-corrected chi connectivity index (χ3v) is 3.99. The van der Waals surface area contributed by atoms with Crippen molar-refractivity contribution in [3.05, 3.63) is 34.5 Å². The first kappa shape index (κ1) is 17.1. The van der Waals surface area contributed by atoms with E-state index in [0.717, 1.165) is 12.0 Å². The van der Waals surface area contributed by atoms with E-state index in [-0.39, 0.29) is 18.1 Å². The van der Waals surface area contributed by atoms with Crippen molar-refractivity contribution < 1.29 is 19.1 Å². The summed E-state index contributed by atoms with van der Waals surface area (Å²) >= 11 is 0. The van der Waals surface area contributed by atoms with E-state index in [9.17, 15) is 19.1 Å². The molecule has 6 nitrogen and oxygen atoms in total. The summed E-state index contributed by atoms with van der Waals surface area (Å²) in [7, 11) is 3.23. The number of hydrogen-bond donors (Lipinski definition) is 2. The molecule has 7 heteroatoms. The van der Waals surface area contributed by atoms with E-state index >= 15 is 0 Å². The van der Waals surface area contributed by atoms with Crippen LogP contribution in [0.1, 0.15) is 19.8 Å². The number of carbonyl (C=O) groups is 2. The van der Waals surface area contributed by atoms with Gasteiger partial charge in [-0.3, -0.25) is 9.59 Å². The maximum Gasteiger partial charge on any atom is 0.289 e. The lowest BCUT2D eigenvalue weighted by atomic mass is 10.0. The van der Waals surface area contributed by atoms with Crippen LogP contribution in [0.25, 0.3) is 0 Å². The minimum Gasteiger partial charge on any atom is -0.503 e. The number of allylic oxidation sites excluding steroid dienone is 2.